The van der Waals surface area contributed by atoms with Crippen LogP contribution in [0.2, 0.25) is 5.02 Å². The molecule has 1 fully saturated rings. The van der Waals surface area contributed by atoms with Gasteiger partial charge in [-0.15, -0.1) is 0 Å². The number of fused-ring (bicyclic) bond motifs is 5. The normalized spacial score (nSPS) is 23.0. The maximum atomic E-state index is 12.6. The van der Waals surface area contributed by atoms with Gasteiger partial charge in [-0.05, 0) is 24.3 Å². The molecular formula is C17H14ClNO2. The molecular weight excluding hydrogens is 286 g/mol. The largest absolute Gasteiger partial charge is 0.457 e. The minimum atomic E-state index is -0.189. The van der Waals surface area contributed by atoms with Crippen LogP contribution in [0, 0.1) is 0 Å². The van der Waals surface area contributed by atoms with E-state index in [1.165, 1.54) is 0 Å². The molecule has 0 N–H and O–H groups in total. The number of ether oxygens (including phenoxy) is 1. The quantitative estimate of drug-likeness (QED) is 0.741. The van der Waals surface area contributed by atoms with Crippen molar-refractivity contribution < 1.29 is 9.53 Å². The van der Waals surface area contributed by atoms with Crippen LogP contribution in [0.15, 0.2) is 42.5 Å². The van der Waals surface area contributed by atoms with Crippen molar-refractivity contribution in [3.05, 3.63) is 58.6 Å². The van der Waals surface area contributed by atoms with Gasteiger partial charge in [0.05, 0.1) is 5.92 Å². The molecule has 2 aromatic carbocycles. The Morgan fingerprint density at radius 3 is 2.76 bits per heavy atom. The van der Waals surface area contributed by atoms with Crippen LogP contribution in [0.25, 0.3) is 0 Å². The topological polar surface area (TPSA) is 29.5 Å². The first kappa shape index (κ1) is 12.7. The third-order valence-electron chi connectivity index (χ3n) is 4.36. The first-order valence-corrected chi connectivity index (χ1v) is 7.34. The highest BCUT2D eigenvalue weighted by molar-refractivity contribution is 6.30. The molecule has 2 aliphatic heterocycles. The number of likely N-dealkylation sites (N-methyl/N-ethyl adjacent to an activating group) is 1. The minimum Gasteiger partial charge on any atom is -0.457 e. The summed E-state index contributed by atoms with van der Waals surface area (Å²) in [5.74, 6) is 1.59. The Hall–Kier alpha value is -2.00. The summed E-state index contributed by atoms with van der Waals surface area (Å²) in [6.45, 7) is 0.689. The van der Waals surface area contributed by atoms with Crippen LogP contribution in [-0.4, -0.2) is 24.4 Å². The highest BCUT2D eigenvalue weighted by Crippen LogP contribution is 2.50. The Balaban J connectivity index is 1.98. The molecule has 1 amide bonds. The van der Waals surface area contributed by atoms with E-state index in [0.29, 0.717) is 11.6 Å². The Morgan fingerprint density at radius 1 is 1.14 bits per heavy atom. The molecule has 0 radical (unpaired) electrons. The highest BCUT2D eigenvalue weighted by atomic mass is 35.5. The molecule has 0 spiro atoms. The van der Waals surface area contributed by atoms with Crippen molar-refractivity contribution in [2.75, 3.05) is 13.6 Å². The average molecular weight is 300 g/mol. The van der Waals surface area contributed by atoms with Crippen LogP contribution < -0.4 is 4.74 Å². The van der Waals surface area contributed by atoms with Crippen LogP contribution in [-0.2, 0) is 4.79 Å². The molecule has 21 heavy (non-hydrogen) atoms. The van der Waals surface area contributed by atoms with Crippen molar-refractivity contribution in [3.63, 3.8) is 0 Å². The van der Waals surface area contributed by atoms with Crippen molar-refractivity contribution >= 4 is 17.5 Å². The number of carbonyl (C=O) groups excluding carboxylic acids is 1. The second kappa shape index (κ2) is 4.50. The predicted octanol–water partition coefficient (Wildman–Crippen LogP) is 3.79. The molecule has 2 atom stereocenters. The van der Waals surface area contributed by atoms with E-state index in [2.05, 4.69) is 0 Å². The van der Waals surface area contributed by atoms with E-state index in [-0.39, 0.29) is 17.7 Å². The Labute approximate surface area is 128 Å². The molecule has 106 valence electrons. The van der Waals surface area contributed by atoms with Gasteiger partial charge < -0.3 is 9.64 Å². The van der Waals surface area contributed by atoms with Crippen molar-refractivity contribution in [3.8, 4) is 11.5 Å². The van der Waals surface area contributed by atoms with Crippen molar-refractivity contribution in [1.29, 1.82) is 0 Å². The summed E-state index contributed by atoms with van der Waals surface area (Å²) in [5.41, 5.74) is 1.98. The third-order valence-corrected chi connectivity index (χ3v) is 4.60. The lowest BCUT2D eigenvalue weighted by Crippen LogP contribution is -2.21. The van der Waals surface area contributed by atoms with Crippen LogP contribution in [0.1, 0.15) is 23.0 Å². The molecule has 2 heterocycles. The molecule has 0 unspecified atom stereocenters. The summed E-state index contributed by atoms with van der Waals surface area (Å²) in [7, 11) is 1.85. The highest BCUT2D eigenvalue weighted by Gasteiger charge is 2.44. The zero-order chi connectivity index (χ0) is 14.6. The van der Waals surface area contributed by atoms with Gasteiger partial charge in [0.25, 0.3) is 0 Å². The maximum Gasteiger partial charge on any atom is 0.230 e. The van der Waals surface area contributed by atoms with Gasteiger partial charge in [0.15, 0.2) is 0 Å². The average Bonchev–Trinajstić information content (AvgIpc) is 2.70. The summed E-state index contributed by atoms with van der Waals surface area (Å²) in [6, 6.07) is 13.4. The van der Waals surface area contributed by atoms with E-state index >= 15 is 0 Å². The Kier molecular flexibility index (Phi) is 2.73. The number of para-hydroxylation sites is 1. The summed E-state index contributed by atoms with van der Waals surface area (Å²) in [5, 5.41) is 0.670. The van der Waals surface area contributed by atoms with Gasteiger partial charge >= 0.3 is 0 Å². The number of likely N-dealkylation sites (tertiary alicyclic amines) is 1. The molecule has 4 rings (SSSR count). The summed E-state index contributed by atoms with van der Waals surface area (Å²) < 4.78 is 6.05. The lowest BCUT2D eigenvalue weighted by molar-refractivity contribution is -0.127. The number of halogens is 1. The zero-order valence-electron chi connectivity index (χ0n) is 11.5. The van der Waals surface area contributed by atoms with Crippen molar-refractivity contribution in [1.82, 2.24) is 4.90 Å². The Bertz CT molecular complexity index is 743. The molecule has 0 aromatic heterocycles. The van der Waals surface area contributed by atoms with Crippen molar-refractivity contribution in [2.24, 2.45) is 0 Å². The van der Waals surface area contributed by atoms with E-state index < -0.39 is 0 Å². The van der Waals surface area contributed by atoms with Gasteiger partial charge in [-0.2, -0.15) is 0 Å². The summed E-state index contributed by atoms with van der Waals surface area (Å²) in [6.07, 6.45) is 0. The van der Waals surface area contributed by atoms with Gasteiger partial charge in [0.2, 0.25) is 5.91 Å². The fraction of sp³-hybridized carbons (Fsp3) is 0.235. The van der Waals surface area contributed by atoms with Gasteiger partial charge in [-0.1, -0.05) is 29.8 Å². The predicted molar refractivity (Wildman–Crippen MR) is 81.1 cm³/mol. The number of rotatable bonds is 0. The van der Waals surface area contributed by atoms with Crippen molar-refractivity contribution in [2.45, 2.75) is 11.8 Å². The number of carbonyl (C=O) groups is 1. The standard InChI is InChI=1S/C17H14ClNO2/c1-19-9-13-12-8-10(18)6-7-15(12)21-14-5-3-2-4-11(14)16(13)17(19)20/h2-8,13,16H,9H2,1H3/t13-,16+/m0/s1. The van der Waals surface area contributed by atoms with Gasteiger partial charge in [-0.3, -0.25) is 4.79 Å². The fourth-order valence-electron chi connectivity index (χ4n) is 3.38. The number of amides is 1. The maximum absolute atomic E-state index is 12.6. The first-order valence-electron chi connectivity index (χ1n) is 6.96. The van der Waals surface area contributed by atoms with Crippen LogP contribution in [0.5, 0.6) is 11.5 Å². The first-order chi connectivity index (χ1) is 10.1. The van der Waals surface area contributed by atoms with Gasteiger partial charge in [-0.25, -0.2) is 0 Å². The number of hydrogen-bond acceptors (Lipinski definition) is 2. The Morgan fingerprint density at radius 2 is 1.90 bits per heavy atom. The van der Waals surface area contributed by atoms with Crippen LogP contribution in [0.4, 0.5) is 0 Å². The van der Waals surface area contributed by atoms with E-state index in [1.54, 1.807) is 4.90 Å². The number of benzene rings is 2. The second-order valence-corrected chi connectivity index (χ2v) is 6.06. The second-order valence-electron chi connectivity index (χ2n) is 5.62. The van der Waals surface area contributed by atoms with E-state index in [0.717, 1.165) is 22.6 Å². The van der Waals surface area contributed by atoms with Crippen LogP contribution >= 0.6 is 11.6 Å². The zero-order valence-corrected chi connectivity index (χ0v) is 12.3. The smallest absolute Gasteiger partial charge is 0.230 e. The van der Waals surface area contributed by atoms with Gasteiger partial charge in [0, 0.05) is 35.7 Å². The third kappa shape index (κ3) is 1.84. The molecule has 0 bridgehead atoms. The SMILES string of the molecule is CN1C[C@H]2c3cc(Cl)ccc3Oc3ccccc3[C@H]2C1=O. The molecule has 3 nitrogen and oxygen atoms in total. The molecule has 4 heteroatoms. The summed E-state index contributed by atoms with van der Waals surface area (Å²) in [4.78, 5) is 14.4. The number of hydrogen-bond donors (Lipinski definition) is 0. The number of nitrogens with zero attached hydrogens (tertiary/aromatic N) is 1. The van der Waals surface area contributed by atoms with E-state index in [9.17, 15) is 4.79 Å². The summed E-state index contributed by atoms with van der Waals surface area (Å²) >= 11 is 6.15. The van der Waals surface area contributed by atoms with Crippen LogP contribution in [0.3, 0.4) is 0 Å². The molecule has 0 saturated carbocycles. The molecule has 2 aromatic rings. The minimum absolute atomic E-state index is 0.0832. The fourth-order valence-corrected chi connectivity index (χ4v) is 3.56. The van der Waals surface area contributed by atoms with E-state index in [4.69, 9.17) is 16.3 Å². The molecule has 0 aliphatic carbocycles. The van der Waals surface area contributed by atoms with E-state index in [1.807, 2.05) is 49.5 Å². The monoisotopic (exact) mass is 299 g/mol. The lowest BCUT2D eigenvalue weighted by atomic mass is 9.84. The lowest BCUT2D eigenvalue weighted by Gasteiger charge is -2.15. The van der Waals surface area contributed by atoms with Gasteiger partial charge in [0.1, 0.15) is 11.5 Å². The molecule has 1 saturated heterocycles. The molecule has 2 aliphatic rings.